The minimum atomic E-state index is -0.582. The number of amides is 1. The summed E-state index contributed by atoms with van der Waals surface area (Å²) in [5, 5.41) is 2.67. The molecule has 0 saturated carbocycles. The zero-order valence-electron chi connectivity index (χ0n) is 23.3. The van der Waals surface area contributed by atoms with E-state index in [1.54, 1.807) is 20.3 Å². The average molecular weight is 563 g/mol. The van der Waals surface area contributed by atoms with Crippen LogP contribution in [0.2, 0.25) is 0 Å². The molecule has 40 heavy (non-hydrogen) atoms. The largest absolute Gasteiger partial charge is 0.497 e. The number of likely N-dealkylation sites (N-methyl/N-ethyl adjacent to an activating group) is 1. The van der Waals surface area contributed by atoms with Crippen LogP contribution in [0.3, 0.4) is 0 Å². The first-order valence-electron chi connectivity index (χ1n) is 13.2. The summed E-state index contributed by atoms with van der Waals surface area (Å²) in [6.07, 6.45) is 0.207. The monoisotopic (exact) mass is 562 g/mol. The summed E-state index contributed by atoms with van der Waals surface area (Å²) >= 11 is 1.46. The average Bonchev–Trinajstić information content (AvgIpc) is 3.37. The predicted molar refractivity (Wildman–Crippen MR) is 155 cm³/mol. The smallest absolute Gasteiger partial charge is 0.338 e. The van der Waals surface area contributed by atoms with E-state index in [9.17, 15) is 9.59 Å². The van der Waals surface area contributed by atoms with Crippen molar-refractivity contribution in [2.24, 2.45) is 4.99 Å². The van der Waals surface area contributed by atoms with Crippen molar-refractivity contribution in [3.05, 3.63) is 82.0 Å². The van der Waals surface area contributed by atoms with Crippen LogP contribution in [-0.2, 0) is 20.9 Å². The van der Waals surface area contributed by atoms with Crippen LogP contribution in [0, 0.1) is 0 Å². The Bertz CT molecular complexity index is 1340. The molecule has 3 heterocycles. The fourth-order valence-electron chi connectivity index (χ4n) is 5.06. The lowest BCUT2D eigenvalue weighted by atomic mass is 9.93. The lowest BCUT2D eigenvalue weighted by Crippen LogP contribution is -2.47. The molecule has 0 N–H and O–H groups in total. The van der Waals surface area contributed by atoms with Gasteiger partial charge in [-0.3, -0.25) is 4.79 Å². The number of fused-ring (bicyclic) bond motifs is 1. The third-order valence-electron chi connectivity index (χ3n) is 7.31. The zero-order valence-corrected chi connectivity index (χ0v) is 24.1. The van der Waals surface area contributed by atoms with Gasteiger partial charge in [0.1, 0.15) is 18.1 Å². The maximum atomic E-state index is 13.7. The Morgan fingerprint density at radius 1 is 1.00 bits per heavy atom. The van der Waals surface area contributed by atoms with Crippen LogP contribution in [0.4, 0.5) is 0 Å². The van der Waals surface area contributed by atoms with Crippen molar-refractivity contribution in [2.45, 2.75) is 26.0 Å². The maximum absolute atomic E-state index is 13.7. The molecule has 1 fully saturated rings. The van der Waals surface area contributed by atoms with Crippen molar-refractivity contribution in [3.8, 4) is 11.5 Å². The van der Waals surface area contributed by atoms with E-state index in [0.29, 0.717) is 41.0 Å². The van der Waals surface area contributed by atoms with Crippen molar-refractivity contribution in [1.29, 1.82) is 0 Å². The number of esters is 1. The zero-order chi connectivity index (χ0) is 28.2. The highest BCUT2D eigenvalue weighted by Crippen LogP contribution is 2.46. The SMILES string of the molecule is COc1cc(OC)cc(C2C(C(=O)OCc3ccccc3)=C(C)N=C3SC=C(CC(=O)N4CCN(C)CC4)N32)c1. The first kappa shape index (κ1) is 27.8. The summed E-state index contributed by atoms with van der Waals surface area (Å²) in [4.78, 5) is 38.0. The molecule has 0 radical (unpaired) electrons. The summed E-state index contributed by atoms with van der Waals surface area (Å²) in [6, 6.07) is 14.5. The molecule has 0 bridgehead atoms. The summed E-state index contributed by atoms with van der Waals surface area (Å²) < 4.78 is 16.9. The second-order valence-electron chi connectivity index (χ2n) is 9.96. The molecule has 0 aromatic heterocycles. The number of hydrogen-bond donors (Lipinski definition) is 0. The van der Waals surface area contributed by atoms with Crippen molar-refractivity contribution in [2.75, 3.05) is 47.4 Å². The van der Waals surface area contributed by atoms with Crippen LogP contribution in [-0.4, -0.2) is 79.2 Å². The number of aliphatic imine (C=N–C) groups is 1. The normalized spacial score (nSPS) is 19.1. The maximum Gasteiger partial charge on any atom is 0.338 e. The lowest BCUT2D eigenvalue weighted by Gasteiger charge is -2.37. The molecule has 10 heteroatoms. The van der Waals surface area contributed by atoms with Gasteiger partial charge < -0.3 is 28.9 Å². The Morgan fingerprint density at radius 3 is 2.33 bits per heavy atom. The van der Waals surface area contributed by atoms with Gasteiger partial charge in [0, 0.05) is 37.9 Å². The topological polar surface area (TPSA) is 83.9 Å². The molecule has 3 aliphatic heterocycles. The van der Waals surface area contributed by atoms with Gasteiger partial charge in [-0.15, -0.1) is 0 Å². The van der Waals surface area contributed by atoms with Gasteiger partial charge in [-0.2, -0.15) is 0 Å². The van der Waals surface area contributed by atoms with Gasteiger partial charge in [0.2, 0.25) is 5.91 Å². The molecule has 0 spiro atoms. The highest BCUT2D eigenvalue weighted by atomic mass is 32.2. The van der Waals surface area contributed by atoms with E-state index < -0.39 is 12.0 Å². The van der Waals surface area contributed by atoms with Gasteiger partial charge in [0.05, 0.1) is 38.0 Å². The highest BCUT2D eigenvalue weighted by molar-refractivity contribution is 8.16. The first-order chi connectivity index (χ1) is 19.4. The van der Waals surface area contributed by atoms with E-state index in [2.05, 4.69) is 11.9 Å². The number of allylic oxidation sites excluding steroid dienone is 1. The molecule has 2 aromatic rings. The third-order valence-corrected chi connectivity index (χ3v) is 8.20. The molecule has 1 saturated heterocycles. The molecule has 5 rings (SSSR count). The number of carbonyl (C=O) groups is 2. The number of amidine groups is 1. The molecule has 1 atom stereocenters. The molecular formula is C30H34N4O5S. The minimum Gasteiger partial charge on any atom is -0.497 e. The van der Waals surface area contributed by atoms with Gasteiger partial charge >= 0.3 is 5.97 Å². The van der Waals surface area contributed by atoms with Crippen LogP contribution in [0.15, 0.2) is 75.9 Å². The van der Waals surface area contributed by atoms with Crippen LogP contribution < -0.4 is 9.47 Å². The Hall–Kier alpha value is -3.76. The number of piperazine rings is 1. The van der Waals surface area contributed by atoms with Crippen LogP contribution >= 0.6 is 11.8 Å². The van der Waals surface area contributed by atoms with Gasteiger partial charge in [-0.1, -0.05) is 42.1 Å². The molecule has 1 amide bonds. The number of hydrogen-bond acceptors (Lipinski definition) is 9. The standard InChI is InChI=1S/C30H34N4O5S/c1-20-27(29(36)39-18-21-8-6-5-7-9-21)28(22-14-24(37-3)17-25(15-22)38-4)34-23(19-40-30(34)31-20)16-26(35)33-12-10-32(2)11-13-33/h5-9,14-15,17,19,28H,10-13,16,18H2,1-4H3. The number of benzene rings is 2. The van der Waals surface area contributed by atoms with E-state index in [-0.39, 0.29) is 18.9 Å². The number of thioether (sulfide) groups is 1. The molecular weight excluding hydrogens is 528 g/mol. The van der Waals surface area contributed by atoms with Crippen molar-refractivity contribution in [1.82, 2.24) is 14.7 Å². The number of ether oxygens (including phenoxy) is 3. The molecule has 9 nitrogen and oxygen atoms in total. The summed E-state index contributed by atoms with van der Waals surface area (Å²) in [5.41, 5.74) is 3.44. The van der Waals surface area contributed by atoms with Crippen molar-refractivity contribution in [3.63, 3.8) is 0 Å². The van der Waals surface area contributed by atoms with Gasteiger partial charge in [-0.05, 0) is 42.6 Å². The summed E-state index contributed by atoms with van der Waals surface area (Å²) in [7, 11) is 5.25. The molecule has 1 unspecified atom stereocenters. The Balaban J connectivity index is 1.49. The number of methoxy groups -OCH3 is 2. The lowest BCUT2D eigenvalue weighted by molar-refractivity contribution is -0.141. The van der Waals surface area contributed by atoms with Crippen molar-refractivity contribution < 1.29 is 23.8 Å². The third kappa shape index (κ3) is 5.88. The Morgan fingerprint density at radius 2 is 1.68 bits per heavy atom. The van der Waals surface area contributed by atoms with Crippen LogP contribution in [0.5, 0.6) is 11.5 Å². The number of nitrogens with zero attached hydrogens (tertiary/aromatic N) is 4. The number of rotatable bonds is 8. The van der Waals surface area contributed by atoms with Crippen LogP contribution in [0.25, 0.3) is 0 Å². The van der Waals surface area contributed by atoms with E-state index in [4.69, 9.17) is 19.2 Å². The van der Waals surface area contributed by atoms with E-state index in [1.807, 2.05) is 64.6 Å². The van der Waals surface area contributed by atoms with Gasteiger partial charge in [-0.25, -0.2) is 9.79 Å². The van der Waals surface area contributed by atoms with Gasteiger partial charge in [0.25, 0.3) is 0 Å². The fourth-order valence-corrected chi connectivity index (χ4v) is 6.02. The molecule has 0 aliphatic carbocycles. The fraction of sp³-hybridized carbons (Fsp3) is 0.367. The van der Waals surface area contributed by atoms with E-state index in [0.717, 1.165) is 29.9 Å². The first-order valence-corrected chi connectivity index (χ1v) is 14.1. The highest BCUT2D eigenvalue weighted by Gasteiger charge is 2.42. The van der Waals surface area contributed by atoms with E-state index in [1.165, 1.54) is 11.8 Å². The van der Waals surface area contributed by atoms with E-state index >= 15 is 0 Å². The van der Waals surface area contributed by atoms with Crippen LogP contribution in [0.1, 0.15) is 30.5 Å². The molecule has 210 valence electrons. The minimum absolute atomic E-state index is 0.0580. The van der Waals surface area contributed by atoms with Gasteiger partial charge in [0.15, 0.2) is 5.17 Å². The quantitative estimate of drug-likeness (QED) is 0.443. The summed E-state index contributed by atoms with van der Waals surface area (Å²) in [5.74, 6) is 0.790. The summed E-state index contributed by atoms with van der Waals surface area (Å²) in [6.45, 7) is 5.05. The Labute approximate surface area is 239 Å². The molecule has 3 aliphatic rings. The predicted octanol–water partition coefficient (Wildman–Crippen LogP) is 4.19. The number of carbonyl (C=O) groups excluding carboxylic acids is 2. The van der Waals surface area contributed by atoms with Crippen molar-refractivity contribution >= 4 is 28.8 Å². The molecule has 2 aromatic carbocycles. The second kappa shape index (κ2) is 12.2. The second-order valence-corrected chi connectivity index (χ2v) is 10.8. The Kier molecular flexibility index (Phi) is 8.46.